The van der Waals surface area contributed by atoms with Gasteiger partial charge in [0, 0.05) is 6.54 Å². The molecular weight excluding hydrogens is 256 g/mol. The smallest absolute Gasteiger partial charge is 0.337 e. The van der Waals surface area contributed by atoms with Crippen LogP contribution in [0.15, 0.2) is 36.5 Å². The third-order valence-electron chi connectivity index (χ3n) is 2.69. The summed E-state index contributed by atoms with van der Waals surface area (Å²) in [4.78, 5) is 15.0. The first kappa shape index (κ1) is 13.4. The van der Waals surface area contributed by atoms with E-state index in [1.54, 1.807) is 18.2 Å². The van der Waals surface area contributed by atoms with Crippen LogP contribution in [0.1, 0.15) is 21.5 Å². The lowest BCUT2D eigenvalue weighted by Crippen LogP contribution is -2.07. The molecule has 0 amide bonds. The van der Waals surface area contributed by atoms with Crippen LogP contribution in [0.25, 0.3) is 0 Å². The molecule has 0 fully saturated rings. The van der Waals surface area contributed by atoms with Gasteiger partial charge in [0.2, 0.25) is 0 Å². The van der Waals surface area contributed by atoms with Gasteiger partial charge in [-0.3, -0.25) is 0 Å². The Balaban J connectivity index is 2.13. The van der Waals surface area contributed by atoms with Crippen LogP contribution in [0.3, 0.4) is 0 Å². The second kappa shape index (κ2) is 5.71. The van der Waals surface area contributed by atoms with Gasteiger partial charge in [-0.1, -0.05) is 12.1 Å². The SMILES string of the molecule is N#Cc1cccc(CNc2cc(C(=O)O)c(N)cn2)c1. The zero-order valence-corrected chi connectivity index (χ0v) is 10.5. The molecule has 100 valence electrons. The molecular formula is C14H12N4O2. The van der Waals surface area contributed by atoms with Crippen LogP contribution >= 0.6 is 0 Å². The quantitative estimate of drug-likeness (QED) is 0.780. The molecule has 20 heavy (non-hydrogen) atoms. The fourth-order valence-corrected chi connectivity index (χ4v) is 1.69. The Morgan fingerprint density at radius 3 is 2.95 bits per heavy atom. The first-order chi connectivity index (χ1) is 9.60. The highest BCUT2D eigenvalue weighted by Gasteiger charge is 2.09. The van der Waals surface area contributed by atoms with Crippen molar-refractivity contribution < 1.29 is 9.90 Å². The van der Waals surface area contributed by atoms with E-state index in [1.165, 1.54) is 12.3 Å². The molecule has 0 spiro atoms. The fraction of sp³-hybridized carbons (Fsp3) is 0.0714. The van der Waals surface area contributed by atoms with Gasteiger partial charge in [-0.05, 0) is 23.8 Å². The van der Waals surface area contributed by atoms with Gasteiger partial charge in [0.1, 0.15) is 5.82 Å². The van der Waals surface area contributed by atoms with E-state index in [2.05, 4.69) is 16.4 Å². The summed E-state index contributed by atoms with van der Waals surface area (Å²) in [5.41, 5.74) is 7.13. The number of nitrogen functional groups attached to an aromatic ring is 1. The van der Waals surface area contributed by atoms with E-state index in [9.17, 15) is 4.79 Å². The predicted molar refractivity (Wildman–Crippen MR) is 74.1 cm³/mol. The number of carbonyl (C=O) groups is 1. The van der Waals surface area contributed by atoms with Crippen molar-refractivity contribution in [1.29, 1.82) is 5.26 Å². The molecule has 6 heteroatoms. The molecule has 6 nitrogen and oxygen atoms in total. The highest BCUT2D eigenvalue weighted by Crippen LogP contribution is 2.15. The van der Waals surface area contributed by atoms with Gasteiger partial charge in [-0.15, -0.1) is 0 Å². The fourth-order valence-electron chi connectivity index (χ4n) is 1.69. The van der Waals surface area contributed by atoms with Crippen molar-refractivity contribution in [1.82, 2.24) is 4.98 Å². The van der Waals surface area contributed by atoms with Gasteiger partial charge in [0.15, 0.2) is 0 Å². The van der Waals surface area contributed by atoms with E-state index in [-0.39, 0.29) is 11.3 Å². The molecule has 1 heterocycles. The largest absolute Gasteiger partial charge is 0.478 e. The standard InChI is InChI=1S/C14H12N4O2/c15-6-9-2-1-3-10(4-9)7-17-13-5-11(14(19)20)12(16)8-18-13/h1-5,8H,7,16H2,(H,17,18)(H,19,20). The van der Waals surface area contributed by atoms with E-state index in [0.717, 1.165) is 5.56 Å². The molecule has 1 aromatic carbocycles. The molecule has 0 radical (unpaired) electrons. The predicted octanol–water partition coefficient (Wildman–Crippen LogP) is 1.85. The van der Waals surface area contributed by atoms with E-state index in [1.807, 2.05) is 6.07 Å². The maximum atomic E-state index is 11.0. The Hall–Kier alpha value is -3.07. The lowest BCUT2D eigenvalue weighted by Gasteiger charge is -2.08. The first-order valence-electron chi connectivity index (χ1n) is 5.82. The zero-order chi connectivity index (χ0) is 14.5. The molecule has 0 saturated heterocycles. The van der Waals surface area contributed by atoms with Crippen molar-refractivity contribution in [2.24, 2.45) is 0 Å². The van der Waals surface area contributed by atoms with E-state index in [0.29, 0.717) is 17.9 Å². The number of hydrogen-bond acceptors (Lipinski definition) is 5. The summed E-state index contributed by atoms with van der Waals surface area (Å²) in [6.45, 7) is 0.436. The van der Waals surface area contributed by atoms with Gasteiger partial charge in [-0.25, -0.2) is 9.78 Å². The molecule has 0 unspecified atom stereocenters. The van der Waals surface area contributed by atoms with Crippen LogP contribution in [0.5, 0.6) is 0 Å². The number of carboxylic acids is 1. The number of rotatable bonds is 4. The summed E-state index contributed by atoms with van der Waals surface area (Å²) in [5, 5.41) is 20.8. The Bertz CT molecular complexity index is 692. The summed E-state index contributed by atoms with van der Waals surface area (Å²) in [6, 6.07) is 10.6. The number of nitriles is 1. The monoisotopic (exact) mass is 268 g/mol. The second-order valence-corrected chi connectivity index (χ2v) is 4.13. The van der Waals surface area contributed by atoms with E-state index in [4.69, 9.17) is 16.1 Å². The van der Waals surface area contributed by atoms with Crippen LogP contribution in [0.2, 0.25) is 0 Å². The van der Waals surface area contributed by atoms with Crippen LogP contribution in [0.4, 0.5) is 11.5 Å². The van der Waals surface area contributed by atoms with Crippen LogP contribution in [-0.2, 0) is 6.54 Å². The summed E-state index contributed by atoms with van der Waals surface area (Å²) in [5.74, 6) is -0.682. The Labute approximate surface area is 115 Å². The molecule has 0 aliphatic carbocycles. The minimum Gasteiger partial charge on any atom is -0.478 e. The average molecular weight is 268 g/mol. The number of anilines is 2. The van der Waals surface area contributed by atoms with Crippen LogP contribution in [0, 0.1) is 11.3 Å². The second-order valence-electron chi connectivity index (χ2n) is 4.13. The van der Waals surface area contributed by atoms with Crippen molar-refractivity contribution in [3.8, 4) is 6.07 Å². The average Bonchev–Trinajstić information content (AvgIpc) is 2.46. The number of aromatic carboxylic acids is 1. The number of aromatic nitrogens is 1. The topological polar surface area (TPSA) is 112 Å². The Morgan fingerprint density at radius 2 is 2.25 bits per heavy atom. The molecule has 0 aliphatic heterocycles. The van der Waals surface area contributed by atoms with Crippen LogP contribution < -0.4 is 11.1 Å². The summed E-state index contributed by atoms with van der Waals surface area (Å²) in [6.07, 6.45) is 1.30. The zero-order valence-electron chi connectivity index (χ0n) is 10.5. The van der Waals surface area contributed by atoms with Crippen molar-refractivity contribution in [3.63, 3.8) is 0 Å². The molecule has 1 aromatic heterocycles. The molecule has 0 aliphatic rings. The molecule has 0 atom stereocenters. The third-order valence-corrected chi connectivity index (χ3v) is 2.69. The molecule has 0 bridgehead atoms. The Morgan fingerprint density at radius 1 is 1.45 bits per heavy atom. The summed E-state index contributed by atoms with van der Waals surface area (Å²) >= 11 is 0. The van der Waals surface area contributed by atoms with Gasteiger partial charge < -0.3 is 16.2 Å². The first-order valence-corrected chi connectivity index (χ1v) is 5.82. The van der Waals surface area contributed by atoms with Crippen LogP contribution in [-0.4, -0.2) is 16.1 Å². The molecule has 2 aromatic rings. The molecule has 0 saturated carbocycles. The number of nitrogens with one attached hydrogen (secondary N) is 1. The lowest BCUT2D eigenvalue weighted by molar-refractivity contribution is 0.0698. The van der Waals surface area contributed by atoms with Crippen molar-refractivity contribution in [3.05, 3.63) is 53.2 Å². The maximum absolute atomic E-state index is 11.0. The van der Waals surface area contributed by atoms with Gasteiger partial charge in [0.05, 0.1) is 29.1 Å². The number of pyridine rings is 1. The van der Waals surface area contributed by atoms with Crippen molar-refractivity contribution in [2.45, 2.75) is 6.54 Å². The maximum Gasteiger partial charge on any atom is 0.337 e. The number of nitrogens with two attached hydrogens (primary N) is 1. The van der Waals surface area contributed by atoms with Gasteiger partial charge in [0.25, 0.3) is 0 Å². The minimum atomic E-state index is -1.10. The van der Waals surface area contributed by atoms with E-state index >= 15 is 0 Å². The summed E-state index contributed by atoms with van der Waals surface area (Å²) in [7, 11) is 0. The highest BCUT2D eigenvalue weighted by molar-refractivity contribution is 5.94. The highest BCUT2D eigenvalue weighted by atomic mass is 16.4. The summed E-state index contributed by atoms with van der Waals surface area (Å²) < 4.78 is 0. The Kier molecular flexibility index (Phi) is 3.82. The normalized spacial score (nSPS) is 9.75. The van der Waals surface area contributed by atoms with Crippen molar-refractivity contribution in [2.75, 3.05) is 11.1 Å². The third kappa shape index (κ3) is 3.03. The van der Waals surface area contributed by atoms with E-state index < -0.39 is 5.97 Å². The van der Waals surface area contributed by atoms with Crippen molar-refractivity contribution >= 4 is 17.5 Å². The number of hydrogen-bond donors (Lipinski definition) is 3. The molecule has 2 rings (SSSR count). The minimum absolute atomic E-state index is 0.00766. The lowest BCUT2D eigenvalue weighted by atomic mass is 10.1. The van der Waals surface area contributed by atoms with Gasteiger partial charge in [-0.2, -0.15) is 5.26 Å². The van der Waals surface area contributed by atoms with Gasteiger partial charge >= 0.3 is 5.97 Å². The molecule has 4 N–H and O–H groups in total. The number of carboxylic acid groups (broad SMARTS) is 1. The number of nitrogens with zero attached hydrogens (tertiary/aromatic N) is 2. The number of benzene rings is 1.